The van der Waals surface area contributed by atoms with Crippen LogP contribution in [0.4, 0.5) is 0 Å². The molecule has 0 N–H and O–H groups in total. The quantitative estimate of drug-likeness (QED) is 0.513. The van der Waals surface area contributed by atoms with Crippen molar-refractivity contribution >= 4 is 0 Å². The average molecular weight is 204 g/mol. The number of fused-ring (bicyclic) bond motifs is 1. The van der Waals surface area contributed by atoms with E-state index in [1.807, 2.05) is 0 Å². The molecule has 15 heavy (non-hydrogen) atoms. The van der Waals surface area contributed by atoms with Gasteiger partial charge in [-0.1, -0.05) is 32.9 Å². The summed E-state index contributed by atoms with van der Waals surface area (Å²) in [7, 11) is 0. The predicted octanol–water partition coefficient (Wildman–Crippen LogP) is 4.42. The molecule has 0 aliphatic heterocycles. The molecule has 3 saturated carbocycles. The summed E-state index contributed by atoms with van der Waals surface area (Å²) in [6, 6.07) is 0. The van der Waals surface area contributed by atoms with Crippen molar-refractivity contribution in [3.8, 4) is 0 Å². The fourth-order valence-electron chi connectivity index (χ4n) is 5.44. The van der Waals surface area contributed by atoms with E-state index in [1.54, 1.807) is 5.57 Å². The summed E-state index contributed by atoms with van der Waals surface area (Å²) < 4.78 is 0. The van der Waals surface area contributed by atoms with Gasteiger partial charge in [0, 0.05) is 0 Å². The van der Waals surface area contributed by atoms with Gasteiger partial charge in [0.15, 0.2) is 0 Å². The number of rotatable bonds is 0. The highest BCUT2D eigenvalue weighted by Gasteiger charge is 2.63. The maximum Gasteiger partial charge on any atom is -0.0146 e. The molecule has 2 unspecified atom stereocenters. The van der Waals surface area contributed by atoms with Crippen LogP contribution in [0.1, 0.15) is 52.9 Å². The van der Waals surface area contributed by atoms with Gasteiger partial charge in [-0.05, 0) is 60.7 Å². The minimum atomic E-state index is 0.540. The first kappa shape index (κ1) is 9.93. The van der Waals surface area contributed by atoms with E-state index in [0.29, 0.717) is 5.41 Å². The van der Waals surface area contributed by atoms with Crippen molar-refractivity contribution in [2.24, 2.45) is 28.6 Å². The van der Waals surface area contributed by atoms with Crippen LogP contribution in [0.3, 0.4) is 0 Å². The van der Waals surface area contributed by atoms with Gasteiger partial charge in [0.25, 0.3) is 0 Å². The van der Waals surface area contributed by atoms with Crippen molar-refractivity contribution in [2.75, 3.05) is 0 Å². The maximum absolute atomic E-state index is 4.34. The van der Waals surface area contributed by atoms with Gasteiger partial charge in [0.2, 0.25) is 0 Å². The Bertz CT molecular complexity index is 312. The smallest absolute Gasteiger partial charge is 0.0146 e. The Morgan fingerprint density at radius 2 is 2.00 bits per heavy atom. The zero-order valence-electron chi connectivity index (χ0n) is 10.5. The molecule has 84 valence electrons. The Labute approximate surface area is 94.1 Å². The fourth-order valence-corrected chi connectivity index (χ4v) is 5.44. The third-order valence-electron chi connectivity index (χ3n) is 6.35. The third kappa shape index (κ3) is 0.990. The minimum Gasteiger partial charge on any atom is -0.0996 e. The molecule has 0 nitrogen and oxygen atoms in total. The first-order valence-corrected chi connectivity index (χ1v) is 6.66. The second-order valence-corrected chi connectivity index (χ2v) is 7.00. The number of allylic oxidation sites excluding steroid dienone is 1. The Kier molecular flexibility index (Phi) is 1.79. The van der Waals surface area contributed by atoms with Crippen molar-refractivity contribution in [1.29, 1.82) is 0 Å². The lowest BCUT2D eigenvalue weighted by molar-refractivity contribution is 0.118. The van der Waals surface area contributed by atoms with Crippen LogP contribution in [0.5, 0.6) is 0 Å². The summed E-state index contributed by atoms with van der Waals surface area (Å²) in [6.07, 6.45) is 7.18. The van der Waals surface area contributed by atoms with Gasteiger partial charge in [-0.15, -0.1) is 0 Å². The average Bonchev–Trinajstić information content (AvgIpc) is 2.57. The van der Waals surface area contributed by atoms with Gasteiger partial charge in [-0.3, -0.25) is 0 Å². The first-order chi connectivity index (χ1) is 6.98. The van der Waals surface area contributed by atoms with Crippen LogP contribution in [-0.4, -0.2) is 0 Å². The molecule has 3 aliphatic rings. The Hall–Kier alpha value is -0.260. The molecule has 1 spiro atoms. The predicted molar refractivity (Wildman–Crippen MR) is 64.6 cm³/mol. The van der Waals surface area contributed by atoms with Crippen molar-refractivity contribution in [3.63, 3.8) is 0 Å². The van der Waals surface area contributed by atoms with Gasteiger partial charge in [-0.25, -0.2) is 0 Å². The van der Waals surface area contributed by atoms with Crippen LogP contribution >= 0.6 is 0 Å². The van der Waals surface area contributed by atoms with Crippen LogP contribution in [0.15, 0.2) is 12.2 Å². The van der Waals surface area contributed by atoms with E-state index in [4.69, 9.17) is 0 Å². The maximum atomic E-state index is 4.34. The molecule has 0 heteroatoms. The van der Waals surface area contributed by atoms with E-state index in [-0.39, 0.29) is 0 Å². The standard InChI is InChI=1S/C15H24/c1-10-7-8-15-9-12(10)14(3,4)13(15)6-5-11(15)2/h11-13H,1,5-9H2,2-4H3/t11?,12-,13?,15-/m0/s1. The highest BCUT2D eigenvalue weighted by Crippen LogP contribution is 2.72. The topological polar surface area (TPSA) is 0 Å². The molecule has 0 aromatic carbocycles. The molecule has 0 aromatic heterocycles. The normalized spacial score (nSPS) is 51.9. The lowest BCUT2D eigenvalue weighted by Crippen LogP contribution is -2.30. The van der Waals surface area contributed by atoms with E-state index in [0.717, 1.165) is 23.2 Å². The molecule has 0 saturated heterocycles. The van der Waals surface area contributed by atoms with Crippen molar-refractivity contribution < 1.29 is 0 Å². The lowest BCUT2D eigenvalue weighted by Gasteiger charge is -2.38. The van der Waals surface area contributed by atoms with E-state index >= 15 is 0 Å². The van der Waals surface area contributed by atoms with E-state index < -0.39 is 0 Å². The van der Waals surface area contributed by atoms with Crippen molar-refractivity contribution in [1.82, 2.24) is 0 Å². The lowest BCUT2D eigenvalue weighted by atomic mass is 9.67. The Morgan fingerprint density at radius 3 is 2.73 bits per heavy atom. The molecule has 0 heterocycles. The highest BCUT2D eigenvalue weighted by atomic mass is 14.7. The summed E-state index contributed by atoms with van der Waals surface area (Å²) in [5, 5.41) is 0. The zero-order valence-corrected chi connectivity index (χ0v) is 10.5. The van der Waals surface area contributed by atoms with Gasteiger partial charge in [-0.2, -0.15) is 0 Å². The minimum absolute atomic E-state index is 0.540. The summed E-state index contributed by atoms with van der Waals surface area (Å²) >= 11 is 0. The molecule has 3 aliphatic carbocycles. The second-order valence-electron chi connectivity index (χ2n) is 7.00. The summed E-state index contributed by atoms with van der Waals surface area (Å²) in [6.45, 7) is 11.9. The van der Waals surface area contributed by atoms with Gasteiger partial charge < -0.3 is 0 Å². The van der Waals surface area contributed by atoms with Crippen molar-refractivity contribution in [2.45, 2.75) is 52.9 Å². The number of hydrogen-bond acceptors (Lipinski definition) is 0. The van der Waals surface area contributed by atoms with Crippen LogP contribution in [0.2, 0.25) is 0 Å². The van der Waals surface area contributed by atoms with Gasteiger partial charge in [0.1, 0.15) is 0 Å². The third-order valence-corrected chi connectivity index (χ3v) is 6.35. The summed E-state index contributed by atoms with van der Waals surface area (Å²) in [4.78, 5) is 0. The van der Waals surface area contributed by atoms with Crippen LogP contribution in [-0.2, 0) is 0 Å². The zero-order chi connectivity index (χ0) is 10.8. The van der Waals surface area contributed by atoms with E-state index in [9.17, 15) is 0 Å². The van der Waals surface area contributed by atoms with E-state index in [2.05, 4.69) is 27.4 Å². The summed E-state index contributed by atoms with van der Waals surface area (Å²) in [5.74, 6) is 2.79. The van der Waals surface area contributed by atoms with Gasteiger partial charge >= 0.3 is 0 Å². The molecule has 3 fully saturated rings. The van der Waals surface area contributed by atoms with E-state index in [1.165, 1.54) is 32.1 Å². The molecular formula is C15H24. The van der Waals surface area contributed by atoms with Crippen LogP contribution in [0, 0.1) is 28.6 Å². The van der Waals surface area contributed by atoms with Crippen LogP contribution in [0.25, 0.3) is 0 Å². The summed E-state index contributed by atoms with van der Waals surface area (Å²) in [5.41, 5.74) is 2.82. The molecule has 2 bridgehead atoms. The first-order valence-electron chi connectivity index (χ1n) is 6.66. The molecule has 3 rings (SSSR count). The van der Waals surface area contributed by atoms with Gasteiger partial charge in [0.05, 0.1) is 0 Å². The monoisotopic (exact) mass is 204 g/mol. The molecule has 4 atom stereocenters. The van der Waals surface area contributed by atoms with Crippen molar-refractivity contribution in [3.05, 3.63) is 12.2 Å². The fraction of sp³-hybridized carbons (Fsp3) is 0.867. The SMILES string of the molecule is C=C1CC[C@@]23C[C@@H]1C(C)(C)C2CCC3C. The molecular weight excluding hydrogens is 180 g/mol. The molecule has 0 radical (unpaired) electrons. The second kappa shape index (κ2) is 2.70. The van der Waals surface area contributed by atoms with Crippen LogP contribution < -0.4 is 0 Å². The number of hydrogen-bond donors (Lipinski definition) is 0. The molecule has 0 amide bonds. The Morgan fingerprint density at radius 1 is 1.27 bits per heavy atom. The highest BCUT2D eigenvalue weighted by molar-refractivity contribution is 5.23. The Balaban J connectivity index is 2.08. The largest absolute Gasteiger partial charge is 0.0996 e. The molecule has 0 aromatic rings.